The van der Waals surface area contributed by atoms with Crippen molar-refractivity contribution >= 4 is 10.2 Å². The molecule has 0 bridgehead atoms. The third-order valence-electron chi connectivity index (χ3n) is 2.94. The van der Waals surface area contributed by atoms with Crippen LogP contribution >= 0.6 is 0 Å². The molecular weight excluding hydrogens is 244 g/mol. The van der Waals surface area contributed by atoms with Crippen LogP contribution in [0.5, 0.6) is 0 Å². The van der Waals surface area contributed by atoms with Gasteiger partial charge in [-0.1, -0.05) is 4.47 Å². The first kappa shape index (κ1) is 13.2. The Bertz CT molecular complexity index is 343. The van der Waals surface area contributed by atoms with Crippen LogP contribution in [0.2, 0.25) is 0 Å². The summed E-state index contributed by atoms with van der Waals surface area (Å²) in [5.74, 6) is 0. The van der Waals surface area contributed by atoms with Gasteiger partial charge in [0.1, 0.15) is 0 Å². The van der Waals surface area contributed by atoms with Gasteiger partial charge in [0.2, 0.25) is 0 Å². The summed E-state index contributed by atoms with van der Waals surface area (Å²) in [4.78, 5) is 5.23. The van der Waals surface area contributed by atoms with Crippen LogP contribution in [-0.4, -0.2) is 55.6 Å². The Kier molecular flexibility index (Phi) is 4.04. The zero-order valence-corrected chi connectivity index (χ0v) is 11.1. The Morgan fingerprint density at radius 2 is 1.76 bits per heavy atom. The molecule has 2 heterocycles. The second kappa shape index (κ2) is 5.19. The first-order valence-electron chi connectivity index (χ1n) is 6.06. The van der Waals surface area contributed by atoms with E-state index in [0.717, 1.165) is 17.3 Å². The van der Waals surface area contributed by atoms with Crippen LogP contribution in [0.3, 0.4) is 0 Å². The van der Waals surface area contributed by atoms with E-state index in [1.165, 1.54) is 4.31 Å². The van der Waals surface area contributed by atoms with E-state index in [4.69, 9.17) is 9.57 Å². The molecule has 0 aromatic rings. The maximum Gasteiger partial charge on any atom is 0.304 e. The number of hydrogen-bond acceptors (Lipinski definition) is 4. The third-order valence-corrected chi connectivity index (χ3v) is 4.69. The second-order valence-electron chi connectivity index (χ2n) is 4.65. The maximum absolute atomic E-state index is 12.3. The number of hydroxylamine groups is 1. The standard InChI is InChI=1S/C10H20N2O4S/c1-9-7-11(8-10(2)16-9)17(13,14)12-5-3-4-6-15-12/h9-10H,3-8H2,1-2H3. The Balaban J connectivity index is 2.08. The summed E-state index contributed by atoms with van der Waals surface area (Å²) in [6.45, 7) is 5.49. The van der Waals surface area contributed by atoms with Crippen molar-refractivity contribution in [3.63, 3.8) is 0 Å². The van der Waals surface area contributed by atoms with Gasteiger partial charge >= 0.3 is 10.2 Å². The minimum atomic E-state index is -3.49. The summed E-state index contributed by atoms with van der Waals surface area (Å²) in [6.07, 6.45) is 1.63. The van der Waals surface area contributed by atoms with Gasteiger partial charge in [-0.3, -0.25) is 4.84 Å². The summed E-state index contributed by atoms with van der Waals surface area (Å²) >= 11 is 0. The van der Waals surface area contributed by atoms with Crippen molar-refractivity contribution in [1.29, 1.82) is 0 Å². The molecule has 2 aliphatic rings. The molecule has 0 aromatic heterocycles. The molecule has 0 saturated carbocycles. The van der Waals surface area contributed by atoms with Gasteiger partial charge < -0.3 is 4.74 Å². The van der Waals surface area contributed by atoms with E-state index in [2.05, 4.69) is 0 Å². The largest absolute Gasteiger partial charge is 0.373 e. The lowest BCUT2D eigenvalue weighted by Crippen LogP contribution is -2.53. The lowest BCUT2D eigenvalue weighted by atomic mass is 10.3. The molecule has 2 fully saturated rings. The van der Waals surface area contributed by atoms with Crippen LogP contribution in [0.4, 0.5) is 0 Å². The lowest BCUT2D eigenvalue weighted by molar-refractivity contribution is -0.117. The first-order valence-corrected chi connectivity index (χ1v) is 7.46. The number of morpholine rings is 1. The Hall–Kier alpha value is -0.210. The Morgan fingerprint density at radius 1 is 1.12 bits per heavy atom. The summed E-state index contributed by atoms with van der Waals surface area (Å²) < 4.78 is 32.7. The van der Waals surface area contributed by atoms with Gasteiger partial charge in [0.25, 0.3) is 0 Å². The maximum atomic E-state index is 12.3. The predicted molar refractivity (Wildman–Crippen MR) is 62.4 cm³/mol. The minimum Gasteiger partial charge on any atom is -0.373 e. The lowest BCUT2D eigenvalue weighted by Gasteiger charge is -2.37. The van der Waals surface area contributed by atoms with E-state index >= 15 is 0 Å². The normalized spacial score (nSPS) is 33.8. The number of nitrogens with zero attached hydrogens (tertiary/aromatic N) is 2. The summed E-state index contributed by atoms with van der Waals surface area (Å²) in [5, 5.41) is 0. The van der Waals surface area contributed by atoms with Gasteiger partial charge in [0, 0.05) is 19.6 Å². The van der Waals surface area contributed by atoms with Crippen LogP contribution in [0, 0.1) is 0 Å². The highest BCUT2D eigenvalue weighted by atomic mass is 32.2. The molecule has 0 aliphatic carbocycles. The summed E-state index contributed by atoms with van der Waals surface area (Å²) in [7, 11) is -3.49. The van der Waals surface area contributed by atoms with E-state index in [-0.39, 0.29) is 12.2 Å². The molecule has 6 nitrogen and oxygen atoms in total. The minimum absolute atomic E-state index is 0.0710. The summed E-state index contributed by atoms with van der Waals surface area (Å²) in [5.41, 5.74) is 0. The van der Waals surface area contributed by atoms with Gasteiger partial charge in [0.15, 0.2) is 0 Å². The second-order valence-corrected chi connectivity index (χ2v) is 6.47. The van der Waals surface area contributed by atoms with Crippen molar-refractivity contribution in [2.24, 2.45) is 0 Å². The molecule has 0 radical (unpaired) electrons. The zero-order chi connectivity index (χ0) is 12.5. The van der Waals surface area contributed by atoms with E-state index in [9.17, 15) is 8.42 Å². The fourth-order valence-corrected chi connectivity index (χ4v) is 3.83. The van der Waals surface area contributed by atoms with Crippen molar-refractivity contribution in [3.05, 3.63) is 0 Å². The highest BCUT2D eigenvalue weighted by Gasteiger charge is 2.36. The van der Waals surface area contributed by atoms with Crippen molar-refractivity contribution in [2.75, 3.05) is 26.2 Å². The molecule has 2 aliphatic heterocycles. The molecule has 0 aromatic carbocycles. The van der Waals surface area contributed by atoms with Crippen molar-refractivity contribution < 1.29 is 18.0 Å². The van der Waals surface area contributed by atoms with Crippen LogP contribution < -0.4 is 0 Å². The van der Waals surface area contributed by atoms with Gasteiger partial charge in [0.05, 0.1) is 18.8 Å². The molecule has 0 amide bonds. The Morgan fingerprint density at radius 3 is 2.29 bits per heavy atom. The van der Waals surface area contributed by atoms with Crippen LogP contribution in [0.25, 0.3) is 0 Å². The quantitative estimate of drug-likeness (QED) is 0.723. The fraction of sp³-hybridized carbons (Fsp3) is 1.00. The monoisotopic (exact) mass is 264 g/mol. The molecule has 2 unspecified atom stereocenters. The Labute approximate surface area is 103 Å². The predicted octanol–water partition coefficient (Wildman–Crippen LogP) is 0.368. The van der Waals surface area contributed by atoms with Crippen LogP contribution in [-0.2, 0) is 19.8 Å². The smallest absolute Gasteiger partial charge is 0.304 e. The molecule has 2 saturated heterocycles. The number of rotatable bonds is 2. The molecule has 2 atom stereocenters. The molecule has 7 heteroatoms. The van der Waals surface area contributed by atoms with E-state index in [1.807, 2.05) is 13.8 Å². The van der Waals surface area contributed by atoms with Crippen LogP contribution in [0.15, 0.2) is 0 Å². The average molecular weight is 264 g/mol. The number of ether oxygens (including phenoxy) is 1. The first-order chi connectivity index (χ1) is 8.00. The number of hydrogen-bond donors (Lipinski definition) is 0. The molecule has 100 valence electrons. The van der Waals surface area contributed by atoms with E-state index in [1.54, 1.807) is 0 Å². The van der Waals surface area contributed by atoms with E-state index in [0.29, 0.717) is 26.2 Å². The fourth-order valence-electron chi connectivity index (χ4n) is 2.20. The van der Waals surface area contributed by atoms with Crippen molar-refractivity contribution in [3.8, 4) is 0 Å². The molecular formula is C10H20N2O4S. The zero-order valence-electron chi connectivity index (χ0n) is 10.3. The molecule has 0 N–H and O–H groups in total. The molecule has 0 spiro atoms. The molecule has 17 heavy (non-hydrogen) atoms. The third kappa shape index (κ3) is 2.97. The SMILES string of the molecule is CC1CN(S(=O)(=O)N2CCCCO2)CC(C)O1. The highest BCUT2D eigenvalue weighted by molar-refractivity contribution is 7.86. The van der Waals surface area contributed by atoms with Gasteiger partial charge in [-0.15, -0.1) is 0 Å². The van der Waals surface area contributed by atoms with Crippen molar-refractivity contribution in [1.82, 2.24) is 8.77 Å². The van der Waals surface area contributed by atoms with Crippen molar-refractivity contribution in [2.45, 2.75) is 38.9 Å². The average Bonchev–Trinajstić information content (AvgIpc) is 2.29. The van der Waals surface area contributed by atoms with Gasteiger partial charge in [-0.05, 0) is 26.7 Å². The van der Waals surface area contributed by atoms with Gasteiger partial charge in [-0.2, -0.15) is 12.7 Å². The summed E-state index contributed by atoms with van der Waals surface area (Å²) in [6, 6.07) is 0. The topological polar surface area (TPSA) is 59.1 Å². The molecule has 2 rings (SSSR count). The highest BCUT2D eigenvalue weighted by Crippen LogP contribution is 2.20. The van der Waals surface area contributed by atoms with Crippen LogP contribution in [0.1, 0.15) is 26.7 Å². The van der Waals surface area contributed by atoms with E-state index < -0.39 is 10.2 Å². The van der Waals surface area contributed by atoms with Gasteiger partial charge in [-0.25, -0.2) is 0 Å².